The minimum atomic E-state index is -0.185. The van der Waals surface area contributed by atoms with Crippen molar-refractivity contribution >= 4 is 35.4 Å². The molecule has 42 heavy (non-hydrogen) atoms. The minimum absolute atomic E-state index is 0.0789. The lowest BCUT2D eigenvalue weighted by molar-refractivity contribution is -0.119. The van der Waals surface area contributed by atoms with Crippen LogP contribution in [0.25, 0.3) is 0 Å². The van der Waals surface area contributed by atoms with Gasteiger partial charge in [-0.2, -0.15) is 0 Å². The quantitative estimate of drug-likeness (QED) is 0.330. The zero-order valence-electron chi connectivity index (χ0n) is 25.3. The summed E-state index contributed by atoms with van der Waals surface area (Å²) < 4.78 is 3.01. The number of aromatic nitrogens is 3. The van der Waals surface area contributed by atoms with Crippen molar-refractivity contribution in [2.24, 2.45) is 5.92 Å². The van der Waals surface area contributed by atoms with E-state index in [1.807, 2.05) is 48.5 Å². The summed E-state index contributed by atoms with van der Waals surface area (Å²) in [7, 11) is 0. The van der Waals surface area contributed by atoms with Crippen LogP contribution in [0.15, 0.2) is 53.6 Å². The molecule has 1 fully saturated rings. The van der Waals surface area contributed by atoms with Gasteiger partial charge in [0.05, 0.1) is 29.5 Å². The molecule has 9 nitrogen and oxygen atoms in total. The molecule has 2 aliphatic rings. The molecule has 2 aliphatic heterocycles. The summed E-state index contributed by atoms with van der Waals surface area (Å²) in [5, 5.41) is 7.14. The number of carbonyl (C=O) groups is 2. The van der Waals surface area contributed by atoms with Gasteiger partial charge in [-0.1, -0.05) is 32.9 Å². The van der Waals surface area contributed by atoms with Crippen LogP contribution in [0.5, 0.6) is 0 Å². The van der Waals surface area contributed by atoms with Crippen LogP contribution in [0.2, 0.25) is 0 Å². The first-order valence-electron chi connectivity index (χ1n) is 14.6. The maximum atomic E-state index is 13.6. The molecule has 1 saturated heterocycles. The zero-order valence-corrected chi connectivity index (χ0v) is 26.1. The molecule has 5 heterocycles. The molecule has 2 atom stereocenters. The van der Waals surface area contributed by atoms with Crippen LogP contribution >= 0.6 is 11.9 Å². The van der Waals surface area contributed by atoms with Crippen LogP contribution in [0.4, 0.5) is 11.6 Å². The number of anilines is 2. The fourth-order valence-corrected chi connectivity index (χ4v) is 6.39. The van der Waals surface area contributed by atoms with E-state index in [4.69, 9.17) is 15.0 Å². The van der Waals surface area contributed by atoms with Crippen molar-refractivity contribution in [1.82, 2.24) is 25.0 Å². The number of fused-ring (bicyclic) bond motifs is 6. The first kappa shape index (κ1) is 29.8. The highest BCUT2D eigenvalue weighted by Gasteiger charge is 2.41. The summed E-state index contributed by atoms with van der Waals surface area (Å²) in [6.45, 7) is 13.6. The van der Waals surface area contributed by atoms with E-state index < -0.39 is 0 Å². The Kier molecular flexibility index (Phi) is 8.46. The number of nitrogens with one attached hydrogen (secondary N) is 3. The first-order chi connectivity index (χ1) is 19.9. The molecule has 10 heteroatoms. The van der Waals surface area contributed by atoms with Crippen LogP contribution < -0.4 is 20.3 Å². The topological polar surface area (TPSA) is 112 Å². The number of amides is 2. The average Bonchev–Trinajstić information content (AvgIpc) is 3.25. The van der Waals surface area contributed by atoms with Crippen LogP contribution in [-0.2, 0) is 16.8 Å². The molecule has 0 saturated carbocycles. The van der Waals surface area contributed by atoms with Gasteiger partial charge in [-0.3, -0.25) is 19.3 Å². The van der Waals surface area contributed by atoms with Crippen LogP contribution in [-0.4, -0.2) is 38.8 Å². The largest absolute Gasteiger partial charge is 0.362 e. The summed E-state index contributed by atoms with van der Waals surface area (Å²) in [4.78, 5) is 42.2. The number of hydrogen-bond acceptors (Lipinski definition) is 8. The fourth-order valence-electron chi connectivity index (χ4n) is 5.79. The molecule has 4 bridgehead atoms. The Bertz CT molecular complexity index is 1470. The van der Waals surface area contributed by atoms with Gasteiger partial charge < -0.3 is 15.5 Å². The van der Waals surface area contributed by atoms with Gasteiger partial charge in [-0.05, 0) is 75.4 Å². The number of pyridine rings is 3. The van der Waals surface area contributed by atoms with Gasteiger partial charge in [-0.15, -0.1) is 0 Å². The van der Waals surface area contributed by atoms with Gasteiger partial charge >= 0.3 is 0 Å². The second-order valence-electron chi connectivity index (χ2n) is 12.9. The monoisotopic (exact) mass is 587 g/mol. The molecule has 2 unspecified atom stereocenters. The molecule has 0 spiro atoms. The predicted octanol–water partition coefficient (Wildman–Crippen LogP) is 5.79. The zero-order chi connectivity index (χ0) is 30.1. The molecule has 3 aromatic rings. The molecule has 3 aromatic heterocycles. The molecule has 3 N–H and O–H groups in total. The highest BCUT2D eigenvalue weighted by atomic mass is 32.2. The average molecular weight is 588 g/mol. The van der Waals surface area contributed by atoms with Crippen molar-refractivity contribution in [3.8, 4) is 0 Å². The van der Waals surface area contributed by atoms with Crippen molar-refractivity contribution in [3.63, 3.8) is 0 Å². The van der Waals surface area contributed by atoms with Gasteiger partial charge in [0, 0.05) is 42.1 Å². The third-order valence-corrected chi connectivity index (χ3v) is 8.69. The lowest BCUT2D eigenvalue weighted by Gasteiger charge is -2.34. The van der Waals surface area contributed by atoms with Crippen molar-refractivity contribution in [3.05, 3.63) is 71.2 Å². The van der Waals surface area contributed by atoms with Crippen molar-refractivity contribution < 1.29 is 9.59 Å². The van der Waals surface area contributed by atoms with E-state index in [-0.39, 0.29) is 28.8 Å². The molecule has 2 amide bonds. The lowest BCUT2D eigenvalue weighted by Crippen LogP contribution is -2.40. The van der Waals surface area contributed by atoms with Crippen molar-refractivity contribution in [2.45, 2.75) is 89.4 Å². The molecule has 0 aliphatic carbocycles. The van der Waals surface area contributed by atoms with Gasteiger partial charge in [0.25, 0.3) is 5.91 Å². The minimum Gasteiger partial charge on any atom is -0.362 e. The third-order valence-electron chi connectivity index (χ3n) is 7.96. The molecule has 0 radical (unpaired) electrons. The fraction of sp³-hybridized carbons (Fsp3) is 0.469. The summed E-state index contributed by atoms with van der Waals surface area (Å²) >= 11 is 1.20. The maximum Gasteiger partial charge on any atom is 0.265 e. The molecule has 5 rings (SSSR count). The van der Waals surface area contributed by atoms with E-state index in [1.54, 1.807) is 0 Å². The Morgan fingerprint density at radius 1 is 1.07 bits per heavy atom. The van der Waals surface area contributed by atoms with Crippen molar-refractivity contribution in [1.29, 1.82) is 0 Å². The number of hydrogen-bond donors (Lipinski definition) is 3. The number of carbonyl (C=O) groups excluding carboxylic acids is 2. The standard InChI is InChI=1S/C32H41N7O2S/c1-20(40)33-18-22-9-7-10-24(34-22)25-15-13-21-17-32(5,6)39(19-21)29-23(14-16-26(36-29)31(2,3)4)30(41)38-42-28-12-8-11-27(35-25)37-28/h7-12,14,16,21,25H,13,15,17-19H2,1-6H3,(H,33,40)(H,35,37)(H,38,41). The third kappa shape index (κ3) is 6.86. The predicted molar refractivity (Wildman–Crippen MR) is 167 cm³/mol. The first-order valence-corrected chi connectivity index (χ1v) is 15.4. The van der Waals surface area contributed by atoms with Gasteiger partial charge in [0.15, 0.2) is 0 Å². The molecule has 0 aromatic carbocycles. The van der Waals surface area contributed by atoms with Crippen LogP contribution in [0.3, 0.4) is 0 Å². The smallest absolute Gasteiger partial charge is 0.265 e. The maximum absolute atomic E-state index is 13.6. The Morgan fingerprint density at radius 3 is 2.62 bits per heavy atom. The highest BCUT2D eigenvalue weighted by molar-refractivity contribution is 7.97. The van der Waals surface area contributed by atoms with Crippen LogP contribution in [0, 0.1) is 5.92 Å². The number of nitrogens with zero attached hydrogens (tertiary/aromatic N) is 4. The Balaban J connectivity index is 1.52. The molecular formula is C32H41N7O2S. The van der Waals surface area contributed by atoms with Gasteiger partial charge in [-0.25, -0.2) is 9.97 Å². The Morgan fingerprint density at radius 2 is 1.86 bits per heavy atom. The molecular weight excluding hydrogens is 546 g/mol. The summed E-state index contributed by atoms with van der Waals surface area (Å²) in [5.41, 5.74) is 2.94. The lowest BCUT2D eigenvalue weighted by atomic mass is 9.90. The van der Waals surface area contributed by atoms with E-state index in [0.717, 1.165) is 48.7 Å². The van der Waals surface area contributed by atoms with E-state index in [9.17, 15) is 9.59 Å². The second-order valence-corrected chi connectivity index (χ2v) is 13.8. The Hall–Kier alpha value is -3.66. The van der Waals surface area contributed by atoms with E-state index >= 15 is 0 Å². The van der Waals surface area contributed by atoms with E-state index in [0.29, 0.717) is 28.9 Å². The summed E-state index contributed by atoms with van der Waals surface area (Å²) in [5.74, 6) is 1.59. The normalized spacial score (nSPS) is 20.4. The van der Waals surface area contributed by atoms with Gasteiger partial charge in [0.2, 0.25) is 5.91 Å². The van der Waals surface area contributed by atoms with E-state index in [1.165, 1.54) is 18.9 Å². The van der Waals surface area contributed by atoms with E-state index in [2.05, 4.69) is 54.9 Å². The second kappa shape index (κ2) is 11.9. The summed E-state index contributed by atoms with van der Waals surface area (Å²) in [6.07, 6.45) is 2.80. The summed E-state index contributed by atoms with van der Waals surface area (Å²) in [6, 6.07) is 15.5. The van der Waals surface area contributed by atoms with Gasteiger partial charge in [0.1, 0.15) is 16.7 Å². The highest BCUT2D eigenvalue weighted by Crippen LogP contribution is 2.41. The Labute approximate surface area is 252 Å². The van der Waals surface area contributed by atoms with Crippen molar-refractivity contribution in [2.75, 3.05) is 16.8 Å². The SMILES string of the molecule is CC(=O)NCc1cccc(C2CCC3CN(c4nc(C(C)(C)C)ccc4C(=O)NSc4cccc(n4)N2)C(C)(C)C3)n1. The molecule has 222 valence electrons. The number of rotatable bonds is 3. The van der Waals surface area contributed by atoms with Crippen LogP contribution in [0.1, 0.15) is 94.3 Å².